The number of urea groups is 1. The minimum absolute atomic E-state index is 0.250. The Balaban J connectivity index is 1.72. The van der Waals surface area contributed by atoms with Crippen molar-refractivity contribution in [2.75, 3.05) is 7.05 Å². The van der Waals surface area contributed by atoms with Gasteiger partial charge in [-0.05, 0) is 32.0 Å². The Hall–Kier alpha value is -2.82. The summed E-state index contributed by atoms with van der Waals surface area (Å²) >= 11 is 0. The van der Waals surface area contributed by atoms with Crippen LogP contribution in [0.2, 0.25) is 0 Å². The second-order valence-electron chi connectivity index (χ2n) is 6.17. The molecule has 0 bridgehead atoms. The van der Waals surface area contributed by atoms with Crippen molar-refractivity contribution in [3.05, 3.63) is 71.7 Å². The molecule has 3 rings (SSSR count). The van der Waals surface area contributed by atoms with E-state index in [2.05, 4.69) is 5.32 Å². The zero-order chi connectivity index (χ0) is 18.0. The number of rotatable bonds is 4. The molecular formula is C20H21FN2O2. The first kappa shape index (κ1) is 17.0. The molecule has 0 radical (unpaired) electrons. The minimum Gasteiger partial charge on any atom is -0.459 e. The van der Waals surface area contributed by atoms with Crippen molar-refractivity contribution in [3.63, 3.8) is 0 Å². The molecule has 0 fully saturated rings. The van der Waals surface area contributed by atoms with Crippen molar-refractivity contribution in [2.45, 2.75) is 25.9 Å². The number of benzene rings is 2. The minimum atomic E-state index is -0.431. The molecule has 1 aromatic heterocycles. The van der Waals surface area contributed by atoms with Crippen LogP contribution in [0, 0.1) is 5.82 Å². The standard InChI is InChI=1S/C20H21FN2O2/c1-13(16-9-5-6-10-17(16)21)22-20(24)23(3)14(2)19-12-15-8-4-7-11-18(15)25-19/h4-14H,1-3H3,(H,22,24). The largest absolute Gasteiger partial charge is 0.459 e. The van der Waals surface area contributed by atoms with Gasteiger partial charge in [0.1, 0.15) is 17.2 Å². The van der Waals surface area contributed by atoms with Crippen LogP contribution in [0.25, 0.3) is 11.0 Å². The van der Waals surface area contributed by atoms with Crippen molar-refractivity contribution in [3.8, 4) is 0 Å². The highest BCUT2D eigenvalue weighted by Gasteiger charge is 2.22. The van der Waals surface area contributed by atoms with E-state index in [0.29, 0.717) is 11.3 Å². The lowest BCUT2D eigenvalue weighted by Gasteiger charge is -2.26. The summed E-state index contributed by atoms with van der Waals surface area (Å²) in [6.45, 7) is 3.65. The van der Waals surface area contributed by atoms with Crippen LogP contribution in [0.15, 0.2) is 59.0 Å². The molecule has 2 amide bonds. The first-order valence-electron chi connectivity index (χ1n) is 8.23. The van der Waals surface area contributed by atoms with E-state index < -0.39 is 6.04 Å². The van der Waals surface area contributed by atoms with E-state index in [1.807, 2.05) is 37.3 Å². The van der Waals surface area contributed by atoms with Crippen molar-refractivity contribution >= 4 is 17.0 Å². The van der Waals surface area contributed by atoms with Crippen molar-refractivity contribution < 1.29 is 13.6 Å². The second kappa shape index (κ2) is 6.97. The molecule has 2 atom stereocenters. The van der Waals surface area contributed by atoms with E-state index in [9.17, 15) is 9.18 Å². The Kier molecular flexibility index (Phi) is 4.74. The van der Waals surface area contributed by atoms with Crippen LogP contribution in [-0.4, -0.2) is 18.0 Å². The normalized spacial score (nSPS) is 13.4. The average Bonchev–Trinajstić information content (AvgIpc) is 3.04. The molecule has 0 aliphatic carbocycles. The van der Waals surface area contributed by atoms with Crippen LogP contribution in [0.4, 0.5) is 9.18 Å². The Morgan fingerprint density at radius 3 is 2.52 bits per heavy atom. The quantitative estimate of drug-likeness (QED) is 0.723. The second-order valence-corrected chi connectivity index (χ2v) is 6.17. The number of nitrogens with zero attached hydrogens (tertiary/aromatic N) is 1. The first-order chi connectivity index (χ1) is 12.0. The van der Waals surface area contributed by atoms with E-state index >= 15 is 0 Å². The summed E-state index contributed by atoms with van der Waals surface area (Å²) in [6, 6.07) is 15.1. The number of fused-ring (bicyclic) bond motifs is 1. The lowest BCUT2D eigenvalue weighted by molar-refractivity contribution is 0.184. The summed E-state index contributed by atoms with van der Waals surface area (Å²) in [6.07, 6.45) is 0. The highest BCUT2D eigenvalue weighted by Crippen LogP contribution is 2.27. The molecule has 5 heteroatoms. The summed E-state index contributed by atoms with van der Waals surface area (Å²) in [5, 5.41) is 3.82. The average molecular weight is 340 g/mol. The summed E-state index contributed by atoms with van der Waals surface area (Å²) in [7, 11) is 1.70. The maximum Gasteiger partial charge on any atom is 0.318 e. The molecule has 0 aliphatic rings. The maximum absolute atomic E-state index is 13.9. The number of carbonyl (C=O) groups is 1. The van der Waals surface area contributed by atoms with E-state index in [1.54, 1.807) is 37.1 Å². The number of amides is 2. The van der Waals surface area contributed by atoms with E-state index in [4.69, 9.17) is 4.42 Å². The Labute approximate surface area is 146 Å². The summed E-state index contributed by atoms with van der Waals surface area (Å²) in [5.41, 5.74) is 1.25. The van der Waals surface area contributed by atoms with E-state index in [0.717, 1.165) is 11.0 Å². The number of halogens is 1. The van der Waals surface area contributed by atoms with Gasteiger partial charge >= 0.3 is 6.03 Å². The van der Waals surface area contributed by atoms with E-state index in [-0.39, 0.29) is 17.9 Å². The molecule has 3 aromatic rings. The maximum atomic E-state index is 13.9. The van der Waals surface area contributed by atoms with Crippen LogP contribution in [0.5, 0.6) is 0 Å². The molecule has 0 saturated carbocycles. The van der Waals surface area contributed by atoms with Crippen LogP contribution in [-0.2, 0) is 0 Å². The third kappa shape index (κ3) is 3.50. The van der Waals surface area contributed by atoms with Gasteiger partial charge in [0, 0.05) is 18.0 Å². The molecule has 1 heterocycles. The van der Waals surface area contributed by atoms with Gasteiger partial charge in [-0.15, -0.1) is 0 Å². The van der Waals surface area contributed by atoms with Crippen molar-refractivity contribution in [1.82, 2.24) is 10.2 Å². The number of nitrogens with one attached hydrogen (secondary N) is 1. The SMILES string of the molecule is CC(NC(=O)N(C)C(C)c1cc2ccccc2o1)c1ccccc1F. The number of para-hydroxylation sites is 1. The van der Waals surface area contributed by atoms with Crippen molar-refractivity contribution in [1.29, 1.82) is 0 Å². The summed E-state index contributed by atoms with van der Waals surface area (Å²) in [5.74, 6) is 0.376. The molecule has 130 valence electrons. The van der Waals surface area contributed by atoms with E-state index in [1.165, 1.54) is 6.07 Å². The molecule has 0 spiro atoms. The number of furan rings is 1. The van der Waals surface area contributed by atoms with Crippen LogP contribution >= 0.6 is 0 Å². The van der Waals surface area contributed by atoms with Gasteiger partial charge in [-0.1, -0.05) is 36.4 Å². The number of hydrogen-bond acceptors (Lipinski definition) is 2. The first-order valence-corrected chi connectivity index (χ1v) is 8.23. The molecule has 1 N–H and O–H groups in total. The Morgan fingerprint density at radius 2 is 1.80 bits per heavy atom. The summed E-state index contributed by atoms with van der Waals surface area (Å²) < 4.78 is 19.7. The Bertz CT molecular complexity index is 857. The van der Waals surface area contributed by atoms with Crippen LogP contribution in [0.3, 0.4) is 0 Å². The number of hydrogen-bond donors (Lipinski definition) is 1. The highest BCUT2D eigenvalue weighted by molar-refractivity contribution is 5.78. The molecule has 25 heavy (non-hydrogen) atoms. The highest BCUT2D eigenvalue weighted by atomic mass is 19.1. The van der Waals surface area contributed by atoms with Gasteiger partial charge in [0.25, 0.3) is 0 Å². The Morgan fingerprint density at radius 1 is 1.12 bits per heavy atom. The topological polar surface area (TPSA) is 45.5 Å². The molecule has 0 saturated heterocycles. The van der Waals surface area contributed by atoms with Gasteiger partial charge in [0.2, 0.25) is 0 Å². The van der Waals surface area contributed by atoms with Crippen LogP contribution in [0.1, 0.15) is 37.3 Å². The van der Waals surface area contributed by atoms with Crippen molar-refractivity contribution in [2.24, 2.45) is 0 Å². The molecule has 4 nitrogen and oxygen atoms in total. The molecule has 2 aromatic carbocycles. The molecule has 2 unspecified atom stereocenters. The van der Waals surface area contributed by atoms with Gasteiger partial charge < -0.3 is 14.6 Å². The van der Waals surface area contributed by atoms with Gasteiger partial charge in [-0.3, -0.25) is 0 Å². The third-order valence-corrected chi connectivity index (χ3v) is 4.47. The lowest BCUT2D eigenvalue weighted by Crippen LogP contribution is -2.40. The van der Waals surface area contributed by atoms with Gasteiger partial charge in [-0.25, -0.2) is 9.18 Å². The summed E-state index contributed by atoms with van der Waals surface area (Å²) in [4.78, 5) is 14.1. The fraction of sp³-hybridized carbons (Fsp3) is 0.250. The van der Waals surface area contributed by atoms with Gasteiger partial charge in [0.15, 0.2) is 0 Å². The molecular weight excluding hydrogens is 319 g/mol. The zero-order valence-corrected chi connectivity index (χ0v) is 14.5. The molecule has 0 aliphatic heterocycles. The fourth-order valence-electron chi connectivity index (χ4n) is 2.77. The fourth-order valence-corrected chi connectivity index (χ4v) is 2.77. The number of carbonyl (C=O) groups excluding carboxylic acids is 1. The zero-order valence-electron chi connectivity index (χ0n) is 14.5. The van der Waals surface area contributed by atoms with Crippen LogP contribution < -0.4 is 5.32 Å². The predicted molar refractivity (Wildman–Crippen MR) is 95.7 cm³/mol. The smallest absolute Gasteiger partial charge is 0.318 e. The monoisotopic (exact) mass is 340 g/mol. The lowest BCUT2D eigenvalue weighted by atomic mass is 10.1. The van der Waals surface area contributed by atoms with Gasteiger partial charge in [-0.2, -0.15) is 0 Å². The predicted octanol–water partition coefficient (Wildman–Crippen LogP) is 5.04. The van der Waals surface area contributed by atoms with Gasteiger partial charge in [0.05, 0.1) is 12.1 Å². The third-order valence-electron chi connectivity index (χ3n) is 4.47.